The standard InChI is InChI=1S/C30H27Cl6NO9/c31-19-1-4-25(22(34)13-19)44-16-28(38)41-10-7-37(8-11-42-29(39)17-45-26-5-2-20(32)14-23(26)35)9-12-43-30(40)18-46-27-6-3-21(33)15-24(27)36/h1-6,13-15H,7-12,16-18H2. The molecule has 0 amide bonds. The molecule has 3 rings (SSSR count). The monoisotopic (exact) mass is 755 g/mol. The van der Waals surface area contributed by atoms with Crippen LogP contribution in [0.4, 0.5) is 0 Å². The fourth-order valence-corrected chi connectivity index (χ4v) is 4.90. The first-order chi connectivity index (χ1) is 22.0. The lowest BCUT2D eigenvalue weighted by Gasteiger charge is -2.22. The molecule has 10 nitrogen and oxygen atoms in total. The Labute approximate surface area is 295 Å². The SMILES string of the molecule is O=C(COc1ccc(Cl)cc1Cl)OCCN(CCOC(=O)COc1ccc(Cl)cc1Cl)CCOC(=O)COc1ccc(Cl)cc1Cl. The number of hydrogen-bond acceptors (Lipinski definition) is 10. The molecule has 0 bridgehead atoms. The van der Waals surface area contributed by atoms with Crippen LogP contribution in [0, 0.1) is 0 Å². The second-order valence-corrected chi connectivity index (χ2v) is 11.6. The highest BCUT2D eigenvalue weighted by Crippen LogP contribution is 2.29. The molecule has 16 heteroatoms. The average molecular weight is 758 g/mol. The van der Waals surface area contributed by atoms with Gasteiger partial charge in [0.1, 0.15) is 37.1 Å². The van der Waals surface area contributed by atoms with E-state index in [1.807, 2.05) is 0 Å². The molecule has 46 heavy (non-hydrogen) atoms. The Morgan fingerprint density at radius 3 is 1.02 bits per heavy atom. The van der Waals surface area contributed by atoms with E-state index in [-0.39, 0.29) is 91.6 Å². The third-order valence-corrected chi connectivity index (χ3v) is 7.32. The van der Waals surface area contributed by atoms with Gasteiger partial charge in [0, 0.05) is 34.7 Å². The zero-order chi connectivity index (χ0) is 33.5. The molecule has 0 spiro atoms. The third kappa shape index (κ3) is 13.9. The summed E-state index contributed by atoms with van der Waals surface area (Å²) < 4.78 is 31.9. The first kappa shape index (κ1) is 37.6. The molecule has 0 aliphatic heterocycles. The fourth-order valence-electron chi connectivity index (χ4n) is 3.51. The van der Waals surface area contributed by atoms with Crippen LogP contribution in [0.5, 0.6) is 17.2 Å². The number of benzene rings is 3. The van der Waals surface area contributed by atoms with Gasteiger partial charge in [-0.05, 0) is 54.6 Å². The predicted octanol–water partition coefficient (Wildman–Crippen LogP) is 7.08. The van der Waals surface area contributed by atoms with E-state index < -0.39 is 17.9 Å². The lowest BCUT2D eigenvalue weighted by molar-refractivity contribution is -0.147. The van der Waals surface area contributed by atoms with Crippen LogP contribution in [0.25, 0.3) is 0 Å². The number of halogens is 6. The topological polar surface area (TPSA) is 110 Å². The molecular weight excluding hydrogens is 731 g/mol. The van der Waals surface area contributed by atoms with Gasteiger partial charge in [0.15, 0.2) is 19.8 Å². The fraction of sp³-hybridized carbons (Fsp3) is 0.300. The summed E-state index contributed by atoms with van der Waals surface area (Å²) in [5, 5.41) is 2.02. The van der Waals surface area contributed by atoms with Crippen LogP contribution >= 0.6 is 69.6 Å². The number of carbonyl (C=O) groups is 3. The molecule has 0 heterocycles. The Balaban J connectivity index is 1.44. The van der Waals surface area contributed by atoms with Crippen molar-refractivity contribution < 1.29 is 42.8 Å². The molecule has 0 saturated carbocycles. The Morgan fingerprint density at radius 1 is 0.478 bits per heavy atom. The Morgan fingerprint density at radius 2 is 0.761 bits per heavy atom. The molecule has 0 radical (unpaired) electrons. The molecule has 0 saturated heterocycles. The zero-order valence-electron chi connectivity index (χ0n) is 23.9. The molecule has 0 fully saturated rings. The minimum absolute atomic E-state index is 0.0329. The summed E-state index contributed by atoms with van der Waals surface area (Å²) in [6, 6.07) is 13.8. The van der Waals surface area contributed by atoms with Crippen molar-refractivity contribution in [2.24, 2.45) is 0 Å². The largest absolute Gasteiger partial charge is 0.480 e. The van der Waals surface area contributed by atoms with Crippen molar-refractivity contribution in [2.75, 3.05) is 59.3 Å². The van der Waals surface area contributed by atoms with Gasteiger partial charge >= 0.3 is 17.9 Å². The number of hydrogen-bond donors (Lipinski definition) is 0. The summed E-state index contributed by atoms with van der Waals surface area (Å²) in [7, 11) is 0. The van der Waals surface area contributed by atoms with Crippen molar-refractivity contribution in [3.8, 4) is 17.2 Å². The summed E-state index contributed by atoms with van der Waals surface area (Å²) in [5.41, 5.74) is 0. The molecule has 0 atom stereocenters. The van der Waals surface area contributed by atoms with Crippen molar-refractivity contribution in [1.82, 2.24) is 4.90 Å². The van der Waals surface area contributed by atoms with Gasteiger partial charge in [0.05, 0.1) is 15.1 Å². The van der Waals surface area contributed by atoms with Crippen molar-refractivity contribution in [1.29, 1.82) is 0 Å². The third-order valence-electron chi connectivity index (χ3n) is 5.73. The van der Waals surface area contributed by atoms with Crippen molar-refractivity contribution in [3.63, 3.8) is 0 Å². The summed E-state index contributed by atoms with van der Waals surface area (Å²) in [6.45, 7) is -0.592. The highest BCUT2D eigenvalue weighted by molar-refractivity contribution is 6.36. The predicted molar refractivity (Wildman–Crippen MR) is 175 cm³/mol. The molecule has 0 aliphatic carbocycles. The zero-order valence-corrected chi connectivity index (χ0v) is 28.5. The number of nitrogens with zero attached hydrogens (tertiary/aromatic N) is 1. The first-order valence-corrected chi connectivity index (χ1v) is 15.7. The van der Waals surface area contributed by atoms with Crippen LogP contribution in [-0.2, 0) is 28.6 Å². The maximum absolute atomic E-state index is 12.2. The molecule has 0 unspecified atom stereocenters. The van der Waals surface area contributed by atoms with Crippen LogP contribution in [0.15, 0.2) is 54.6 Å². The van der Waals surface area contributed by atoms with E-state index in [1.54, 1.807) is 23.1 Å². The van der Waals surface area contributed by atoms with Crippen LogP contribution < -0.4 is 14.2 Å². The summed E-state index contributed by atoms with van der Waals surface area (Å²) in [6.07, 6.45) is 0. The molecule has 0 aliphatic rings. The van der Waals surface area contributed by atoms with E-state index in [1.165, 1.54) is 36.4 Å². The quantitative estimate of drug-likeness (QED) is 0.0987. The molecule has 0 N–H and O–H groups in total. The minimum atomic E-state index is -0.639. The van der Waals surface area contributed by atoms with Gasteiger partial charge < -0.3 is 28.4 Å². The summed E-state index contributed by atoms with van der Waals surface area (Å²) in [4.78, 5) is 38.4. The Hall–Kier alpha value is -2.83. The van der Waals surface area contributed by atoms with Gasteiger partial charge in [-0.25, -0.2) is 14.4 Å². The number of esters is 3. The highest BCUT2D eigenvalue weighted by atomic mass is 35.5. The second kappa shape index (κ2) is 19.7. The van der Waals surface area contributed by atoms with Gasteiger partial charge in [-0.3, -0.25) is 4.90 Å². The highest BCUT2D eigenvalue weighted by Gasteiger charge is 2.14. The van der Waals surface area contributed by atoms with Crippen LogP contribution in [0.2, 0.25) is 30.1 Å². The van der Waals surface area contributed by atoms with Crippen LogP contribution in [0.1, 0.15) is 0 Å². The number of rotatable bonds is 18. The van der Waals surface area contributed by atoms with Gasteiger partial charge in [0.2, 0.25) is 0 Å². The lowest BCUT2D eigenvalue weighted by atomic mass is 10.3. The normalized spacial score (nSPS) is 10.8. The first-order valence-electron chi connectivity index (χ1n) is 13.4. The van der Waals surface area contributed by atoms with E-state index in [9.17, 15) is 14.4 Å². The van der Waals surface area contributed by atoms with Crippen LogP contribution in [0.3, 0.4) is 0 Å². The van der Waals surface area contributed by atoms with E-state index >= 15 is 0 Å². The van der Waals surface area contributed by atoms with Crippen molar-refractivity contribution in [3.05, 3.63) is 84.7 Å². The van der Waals surface area contributed by atoms with E-state index in [0.717, 1.165) is 0 Å². The van der Waals surface area contributed by atoms with Gasteiger partial charge in [-0.1, -0.05) is 69.6 Å². The Bertz CT molecular complexity index is 1320. The van der Waals surface area contributed by atoms with Crippen LogP contribution in [-0.4, -0.2) is 82.1 Å². The molecule has 0 aromatic heterocycles. The van der Waals surface area contributed by atoms with E-state index in [2.05, 4.69) is 0 Å². The maximum atomic E-state index is 12.2. The minimum Gasteiger partial charge on any atom is -0.480 e. The lowest BCUT2D eigenvalue weighted by Crippen LogP contribution is -2.36. The van der Waals surface area contributed by atoms with Crippen molar-refractivity contribution >= 4 is 87.5 Å². The summed E-state index contributed by atoms with van der Waals surface area (Å²) >= 11 is 35.7. The average Bonchev–Trinajstić information content (AvgIpc) is 2.99. The summed E-state index contributed by atoms with van der Waals surface area (Å²) in [5.74, 6) is -1.09. The Kier molecular flexibility index (Phi) is 16.1. The molecule has 3 aromatic rings. The van der Waals surface area contributed by atoms with E-state index in [0.29, 0.717) is 15.1 Å². The van der Waals surface area contributed by atoms with Crippen molar-refractivity contribution in [2.45, 2.75) is 0 Å². The molecule has 248 valence electrons. The molecular formula is C30H27Cl6NO9. The van der Waals surface area contributed by atoms with Gasteiger partial charge in [-0.15, -0.1) is 0 Å². The van der Waals surface area contributed by atoms with E-state index in [4.69, 9.17) is 98.0 Å². The number of ether oxygens (including phenoxy) is 6. The second-order valence-electron chi connectivity index (χ2n) is 9.09. The maximum Gasteiger partial charge on any atom is 0.344 e. The van der Waals surface area contributed by atoms with Gasteiger partial charge in [0.25, 0.3) is 0 Å². The smallest absolute Gasteiger partial charge is 0.344 e. The molecule has 3 aromatic carbocycles. The number of carbonyl (C=O) groups excluding carboxylic acids is 3. The van der Waals surface area contributed by atoms with Gasteiger partial charge in [-0.2, -0.15) is 0 Å².